The second-order valence-corrected chi connectivity index (χ2v) is 8.49. The summed E-state index contributed by atoms with van der Waals surface area (Å²) in [7, 11) is 1.34. The number of alkyl halides is 7. The van der Waals surface area contributed by atoms with Gasteiger partial charge in [-0.15, -0.1) is 13.2 Å². The van der Waals surface area contributed by atoms with Gasteiger partial charge in [0.1, 0.15) is 12.5 Å². The fourth-order valence-corrected chi connectivity index (χ4v) is 3.96. The molecule has 2 N–H and O–H groups in total. The van der Waals surface area contributed by atoms with Gasteiger partial charge in [0.2, 0.25) is 0 Å². The van der Waals surface area contributed by atoms with Crippen molar-refractivity contribution in [1.82, 2.24) is 14.9 Å². The number of aliphatic hydroxyl groups is 1. The number of hydrogen-bond donors (Lipinski definition) is 2. The number of halogens is 7. The Balaban J connectivity index is 1.73. The molecule has 1 aliphatic heterocycles. The van der Waals surface area contributed by atoms with E-state index in [1.807, 2.05) is 0 Å². The SMILES string of the molecule is Cn1c(-c2ccc(OC(CF)c3ccccc3)c(OC(F)(F)F)c2)nc2c1C(=O)NCN2CC(O)C(F)(F)F. The average Bonchev–Trinajstić information content (AvgIpc) is 3.22. The fourth-order valence-electron chi connectivity index (χ4n) is 3.96. The van der Waals surface area contributed by atoms with Gasteiger partial charge in [0.25, 0.3) is 5.91 Å². The van der Waals surface area contributed by atoms with E-state index >= 15 is 0 Å². The minimum absolute atomic E-state index is 0.0147. The van der Waals surface area contributed by atoms with E-state index in [0.717, 1.165) is 17.0 Å². The lowest BCUT2D eigenvalue weighted by atomic mass is 10.1. The zero-order valence-corrected chi connectivity index (χ0v) is 20.1. The molecule has 2 heterocycles. The second kappa shape index (κ2) is 10.6. The number of carbonyl (C=O) groups excluding carboxylic acids is 1. The third-order valence-corrected chi connectivity index (χ3v) is 5.80. The molecule has 0 fully saturated rings. The summed E-state index contributed by atoms with van der Waals surface area (Å²) in [5.41, 5.74) is 0.177. The summed E-state index contributed by atoms with van der Waals surface area (Å²) in [6.45, 7) is -2.40. The largest absolute Gasteiger partial charge is 0.573 e. The zero-order chi connectivity index (χ0) is 28.5. The number of carbonyl (C=O) groups is 1. The van der Waals surface area contributed by atoms with Gasteiger partial charge < -0.3 is 29.4 Å². The Hall–Kier alpha value is -4.01. The number of imidazole rings is 1. The zero-order valence-electron chi connectivity index (χ0n) is 20.1. The van der Waals surface area contributed by atoms with Crippen LogP contribution in [0, 0.1) is 0 Å². The topological polar surface area (TPSA) is 88.8 Å². The van der Waals surface area contributed by atoms with Gasteiger partial charge in [-0.3, -0.25) is 4.79 Å². The van der Waals surface area contributed by atoms with Crippen molar-refractivity contribution in [3.63, 3.8) is 0 Å². The quantitative estimate of drug-likeness (QED) is 0.393. The van der Waals surface area contributed by atoms with E-state index in [4.69, 9.17) is 4.74 Å². The number of amides is 1. The van der Waals surface area contributed by atoms with Crippen molar-refractivity contribution in [1.29, 1.82) is 0 Å². The summed E-state index contributed by atoms with van der Waals surface area (Å²) < 4.78 is 103. The lowest BCUT2D eigenvalue weighted by Gasteiger charge is -2.30. The Morgan fingerprint density at radius 1 is 1.08 bits per heavy atom. The summed E-state index contributed by atoms with van der Waals surface area (Å²) in [5.74, 6) is -2.25. The van der Waals surface area contributed by atoms with E-state index in [0.29, 0.717) is 5.56 Å². The van der Waals surface area contributed by atoms with Crippen molar-refractivity contribution < 1.29 is 50.1 Å². The first-order chi connectivity index (χ1) is 18.3. The predicted molar refractivity (Wildman–Crippen MR) is 123 cm³/mol. The third kappa shape index (κ3) is 6.19. The number of anilines is 1. The van der Waals surface area contributed by atoms with Crippen LogP contribution in [0.2, 0.25) is 0 Å². The number of fused-ring (bicyclic) bond motifs is 1. The molecule has 1 amide bonds. The Labute approximate surface area is 216 Å². The molecule has 0 saturated carbocycles. The summed E-state index contributed by atoms with van der Waals surface area (Å²) in [5, 5.41) is 11.9. The number of rotatable bonds is 8. The number of benzene rings is 2. The number of ether oxygens (including phenoxy) is 2. The van der Waals surface area contributed by atoms with Crippen molar-refractivity contribution in [2.24, 2.45) is 7.05 Å². The maximum atomic E-state index is 13.7. The molecule has 15 heteroatoms. The van der Waals surface area contributed by atoms with Gasteiger partial charge >= 0.3 is 12.5 Å². The molecule has 4 rings (SSSR count). The third-order valence-electron chi connectivity index (χ3n) is 5.80. The highest BCUT2D eigenvalue weighted by atomic mass is 19.4. The molecular formula is C24H21F7N4O4. The van der Waals surface area contributed by atoms with Crippen LogP contribution >= 0.6 is 0 Å². The van der Waals surface area contributed by atoms with E-state index in [1.54, 1.807) is 18.2 Å². The minimum Gasteiger partial charge on any atom is -0.479 e. The highest BCUT2D eigenvalue weighted by Gasteiger charge is 2.41. The Morgan fingerprint density at radius 2 is 1.77 bits per heavy atom. The molecule has 0 radical (unpaired) electrons. The van der Waals surface area contributed by atoms with Crippen molar-refractivity contribution in [3.05, 3.63) is 59.8 Å². The van der Waals surface area contributed by atoms with Gasteiger partial charge in [-0.1, -0.05) is 30.3 Å². The highest BCUT2D eigenvalue weighted by Crippen LogP contribution is 2.39. The molecule has 0 bridgehead atoms. The molecule has 2 atom stereocenters. The van der Waals surface area contributed by atoms with Crippen LogP contribution in [-0.4, -0.2) is 59.1 Å². The second-order valence-electron chi connectivity index (χ2n) is 8.49. The number of nitrogens with zero attached hydrogens (tertiary/aromatic N) is 3. The number of hydrogen-bond acceptors (Lipinski definition) is 6. The Bertz CT molecular complexity index is 1330. The van der Waals surface area contributed by atoms with E-state index < -0.39 is 62.0 Å². The van der Waals surface area contributed by atoms with Crippen LogP contribution in [0.4, 0.5) is 36.6 Å². The molecule has 8 nitrogen and oxygen atoms in total. The van der Waals surface area contributed by atoms with Gasteiger partial charge in [-0.2, -0.15) is 13.2 Å². The van der Waals surface area contributed by atoms with Crippen LogP contribution in [0.25, 0.3) is 11.4 Å². The average molecular weight is 562 g/mol. The molecule has 0 aliphatic carbocycles. The smallest absolute Gasteiger partial charge is 0.479 e. The van der Waals surface area contributed by atoms with E-state index in [-0.39, 0.29) is 22.9 Å². The lowest BCUT2D eigenvalue weighted by molar-refractivity contribution is -0.275. The van der Waals surface area contributed by atoms with Crippen LogP contribution < -0.4 is 19.7 Å². The summed E-state index contributed by atoms with van der Waals surface area (Å²) >= 11 is 0. The molecular weight excluding hydrogens is 541 g/mol. The molecule has 39 heavy (non-hydrogen) atoms. The molecule has 1 aliphatic rings. The van der Waals surface area contributed by atoms with Gasteiger partial charge in [-0.05, 0) is 23.8 Å². The fraction of sp³-hybridized carbons (Fsp3) is 0.333. The molecule has 210 valence electrons. The standard InChI is InChI=1S/C24H21F7N4O4/c1-34-19-21(35(12-32-22(19)37)11-18(36)23(26,27)28)33-20(34)14-7-8-15(16(9-14)39-24(29,30)31)38-17(10-25)13-5-3-2-4-6-13/h2-9,17-18,36H,10-12H2,1H3,(H,32,37). The summed E-state index contributed by atoms with van der Waals surface area (Å²) in [6.07, 6.45) is -14.1. The van der Waals surface area contributed by atoms with Crippen molar-refractivity contribution in [2.75, 3.05) is 24.8 Å². The first kappa shape index (κ1) is 28.0. The Morgan fingerprint density at radius 3 is 2.38 bits per heavy atom. The number of aliphatic hydroxyl groups excluding tert-OH is 1. The molecule has 0 spiro atoms. The van der Waals surface area contributed by atoms with Crippen LogP contribution in [0.5, 0.6) is 11.5 Å². The molecule has 0 saturated heterocycles. The van der Waals surface area contributed by atoms with Crippen LogP contribution in [0.15, 0.2) is 48.5 Å². The normalized spacial score (nSPS) is 15.4. The van der Waals surface area contributed by atoms with Gasteiger partial charge in [-0.25, -0.2) is 9.37 Å². The van der Waals surface area contributed by atoms with E-state index in [2.05, 4.69) is 15.0 Å². The molecule has 2 aromatic carbocycles. The van der Waals surface area contributed by atoms with Crippen LogP contribution in [0.1, 0.15) is 22.2 Å². The molecule has 3 aromatic rings. The van der Waals surface area contributed by atoms with Crippen molar-refractivity contribution in [2.45, 2.75) is 24.7 Å². The van der Waals surface area contributed by atoms with Gasteiger partial charge in [0.05, 0.1) is 13.2 Å². The maximum Gasteiger partial charge on any atom is 0.573 e. The maximum absolute atomic E-state index is 13.7. The van der Waals surface area contributed by atoms with E-state index in [1.165, 1.54) is 29.8 Å². The monoisotopic (exact) mass is 562 g/mol. The minimum atomic E-state index is -5.15. The van der Waals surface area contributed by atoms with Crippen LogP contribution in [-0.2, 0) is 7.05 Å². The Kier molecular flexibility index (Phi) is 7.63. The first-order valence-electron chi connectivity index (χ1n) is 11.3. The number of nitrogens with one attached hydrogen (secondary N) is 1. The van der Waals surface area contributed by atoms with E-state index in [9.17, 15) is 40.6 Å². The van der Waals surface area contributed by atoms with Gasteiger partial charge in [0.15, 0.2) is 35.2 Å². The van der Waals surface area contributed by atoms with Gasteiger partial charge in [0, 0.05) is 12.6 Å². The number of β-amino-alcohol motifs (C(OH)–C–C–N with tert-alkyl or cyclic N) is 1. The summed E-state index contributed by atoms with van der Waals surface area (Å²) in [4.78, 5) is 17.6. The first-order valence-corrected chi connectivity index (χ1v) is 11.3. The summed E-state index contributed by atoms with van der Waals surface area (Å²) in [6, 6.07) is 11.2. The molecule has 1 aromatic heterocycles. The van der Waals surface area contributed by atoms with Crippen LogP contribution in [0.3, 0.4) is 0 Å². The highest BCUT2D eigenvalue weighted by molar-refractivity contribution is 6.00. The van der Waals surface area contributed by atoms with Crippen molar-refractivity contribution in [3.8, 4) is 22.9 Å². The predicted octanol–water partition coefficient (Wildman–Crippen LogP) is 4.51. The lowest BCUT2D eigenvalue weighted by Crippen LogP contribution is -2.49. The number of aromatic nitrogens is 2. The molecule has 2 unspecified atom stereocenters. The van der Waals surface area contributed by atoms with Crippen molar-refractivity contribution >= 4 is 11.7 Å².